The molecular formula is C15H22O. The third-order valence-corrected chi connectivity index (χ3v) is 2.01. The Labute approximate surface area is 99.1 Å². The quantitative estimate of drug-likeness (QED) is 0.635. The first-order valence-electron chi connectivity index (χ1n) is 5.64. The first-order valence-corrected chi connectivity index (χ1v) is 5.64. The van der Waals surface area contributed by atoms with Gasteiger partial charge in [-0.25, -0.2) is 0 Å². The molecule has 0 radical (unpaired) electrons. The molecule has 1 heteroatoms. The molecule has 2 aromatic carbocycles. The molecule has 0 amide bonds. The molecule has 0 unspecified atom stereocenters. The van der Waals surface area contributed by atoms with Crippen LogP contribution in [0.4, 0.5) is 0 Å². The van der Waals surface area contributed by atoms with E-state index < -0.39 is 0 Å². The summed E-state index contributed by atoms with van der Waals surface area (Å²) in [5.74, 6) is 0. The summed E-state index contributed by atoms with van der Waals surface area (Å²) in [6.07, 6.45) is 0. The van der Waals surface area contributed by atoms with Crippen LogP contribution in [0.3, 0.4) is 0 Å². The summed E-state index contributed by atoms with van der Waals surface area (Å²) in [5, 5.41) is 2.68. The summed E-state index contributed by atoms with van der Waals surface area (Å²) < 4.78 is 4.25. The second kappa shape index (κ2) is 8.93. The van der Waals surface area contributed by atoms with E-state index in [9.17, 15) is 0 Å². The Balaban J connectivity index is 0.000000394. The minimum Gasteiger partial charge on any atom is -0.388 e. The molecule has 0 saturated heterocycles. The minimum absolute atomic E-state index is 1.33. The molecule has 2 rings (SSSR count). The normalized spacial score (nSPS) is 8.56. The van der Waals surface area contributed by atoms with Crippen molar-refractivity contribution in [1.82, 2.24) is 0 Å². The number of hydrogen-bond donors (Lipinski definition) is 0. The van der Waals surface area contributed by atoms with Gasteiger partial charge in [0.1, 0.15) is 0 Å². The number of ether oxygens (including phenoxy) is 1. The van der Waals surface area contributed by atoms with Gasteiger partial charge in [-0.05, 0) is 23.3 Å². The fraction of sp³-hybridized carbons (Fsp3) is 0.333. The zero-order valence-electron chi connectivity index (χ0n) is 10.9. The van der Waals surface area contributed by atoms with Gasteiger partial charge in [-0.15, -0.1) is 0 Å². The van der Waals surface area contributed by atoms with Gasteiger partial charge in [0.15, 0.2) is 0 Å². The topological polar surface area (TPSA) is 9.23 Å². The van der Waals surface area contributed by atoms with E-state index in [0.29, 0.717) is 0 Å². The van der Waals surface area contributed by atoms with Gasteiger partial charge in [0, 0.05) is 14.2 Å². The largest absolute Gasteiger partial charge is 0.388 e. The molecule has 88 valence electrons. The second-order valence-corrected chi connectivity index (χ2v) is 3.20. The number of benzene rings is 2. The number of aryl methyl sites for hydroxylation is 1. The Morgan fingerprint density at radius 3 is 1.88 bits per heavy atom. The van der Waals surface area contributed by atoms with E-state index >= 15 is 0 Å². The molecule has 0 aromatic heterocycles. The van der Waals surface area contributed by atoms with Crippen molar-refractivity contribution in [3.8, 4) is 0 Å². The molecule has 2 aromatic rings. The lowest BCUT2D eigenvalue weighted by Gasteiger charge is -1.98. The molecule has 0 atom stereocenters. The number of methoxy groups -OCH3 is 1. The van der Waals surface area contributed by atoms with Crippen molar-refractivity contribution in [3.63, 3.8) is 0 Å². The van der Waals surface area contributed by atoms with Gasteiger partial charge in [0.2, 0.25) is 0 Å². The fourth-order valence-electron chi connectivity index (χ4n) is 1.39. The van der Waals surface area contributed by atoms with E-state index in [1.165, 1.54) is 16.3 Å². The molecule has 0 saturated carbocycles. The smallest absolute Gasteiger partial charge is 0.0351 e. The van der Waals surface area contributed by atoms with Crippen molar-refractivity contribution in [1.29, 1.82) is 0 Å². The fourth-order valence-corrected chi connectivity index (χ4v) is 1.39. The number of fused-ring (bicyclic) bond motifs is 1. The van der Waals surface area contributed by atoms with E-state index in [0.717, 1.165) is 0 Å². The van der Waals surface area contributed by atoms with Gasteiger partial charge in [0.25, 0.3) is 0 Å². The van der Waals surface area contributed by atoms with Crippen LogP contribution in [-0.2, 0) is 4.74 Å². The standard InChI is InChI=1S/C11H10.C2H6O.C2H6/c1-9-5-4-7-10-6-2-3-8-11(9)10;1-3-2;1-2/h2-8H,1H3;1-2H3;1-2H3. The van der Waals surface area contributed by atoms with E-state index in [4.69, 9.17) is 0 Å². The predicted molar refractivity (Wildman–Crippen MR) is 73.0 cm³/mol. The van der Waals surface area contributed by atoms with Gasteiger partial charge in [-0.3, -0.25) is 0 Å². The Morgan fingerprint density at radius 1 is 0.812 bits per heavy atom. The second-order valence-electron chi connectivity index (χ2n) is 3.20. The van der Waals surface area contributed by atoms with Crippen molar-refractivity contribution in [2.45, 2.75) is 20.8 Å². The molecular weight excluding hydrogens is 196 g/mol. The molecule has 1 nitrogen and oxygen atoms in total. The van der Waals surface area contributed by atoms with Gasteiger partial charge in [-0.2, -0.15) is 0 Å². The van der Waals surface area contributed by atoms with Crippen molar-refractivity contribution in [2.75, 3.05) is 14.2 Å². The molecule has 0 aliphatic heterocycles. The van der Waals surface area contributed by atoms with Crippen LogP contribution in [-0.4, -0.2) is 14.2 Å². The third-order valence-electron chi connectivity index (χ3n) is 2.01. The van der Waals surface area contributed by atoms with E-state index in [2.05, 4.69) is 54.1 Å². The molecule has 0 spiro atoms. The average Bonchev–Trinajstić information content (AvgIpc) is 2.33. The lowest BCUT2D eigenvalue weighted by molar-refractivity contribution is 0.277. The number of hydrogen-bond acceptors (Lipinski definition) is 1. The lowest BCUT2D eigenvalue weighted by atomic mass is 10.1. The third kappa shape index (κ3) is 4.45. The van der Waals surface area contributed by atoms with Gasteiger partial charge < -0.3 is 4.74 Å². The molecule has 16 heavy (non-hydrogen) atoms. The van der Waals surface area contributed by atoms with E-state index in [-0.39, 0.29) is 0 Å². The molecule has 0 fully saturated rings. The molecule has 0 bridgehead atoms. The van der Waals surface area contributed by atoms with Crippen molar-refractivity contribution < 1.29 is 4.74 Å². The Kier molecular flexibility index (Phi) is 8.18. The molecule has 0 aliphatic rings. The Hall–Kier alpha value is -1.34. The summed E-state index contributed by atoms with van der Waals surface area (Å²) >= 11 is 0. The highest BCUT2D eigenvalue weighted by Crippen LogP contribution is 2.16. The first-order chi connectivity index (χ1) is 7.79. The summed E-state index contributed by atoms with van der Waals surface area (Å²) in [7, 11) is 3.25. The Morgan fingerprint density at radius 2 is 1.31 bits per heavy atom. The van der Waals surface area contributed by atoms with Gasteiger partial charge in [-0.1, -0.05) is 56.3 Å². The predicted octanol–water partition coefficient (Wildman–Crippen LogP) is 4.44. The highest BCUT2D eigenvalue weighted by molar-refractivity contribution is 5.85. The highest BCUT2D eigenvalue weighted by atomic mass is 16.4. The maximum absolute atomic E-state index is 4.25. The zero-order chi connectivity index (χ0) is 12.4. The first kappa shape index (κ1) is 14.7. The molecule has 0 heterocycles. The summed E-state index contributed by atoms with van der Waals surface area (Å²) in [5.41, 5.74) is 1.35. The number of rotatable bonds is 0. The van der Waals surface area contributed by atoms with Crippen molar-refractivity contribution in [3.05, 3.63) is 48.0 Å². The van der Waals surface area contributed by atoms with Crippen LogP contribution in [0.5, 0.6) is 0 Å². The van der Waals surface area contributed by atoms with Crippen LogP contribution in [0.15, 0.2) is 42.5 Å². The maximum atomic E-state index is 4.25. The SMILES string of the molecule is CC.COC.Cc1cccc2ccccc12. The van der Waals surface area contributed by atoms with E-state index in [1.807, 2.05) is 13.8 Å². The van der Waals surface area contributed by atoms with Crippen LogP contribution >= 0.6 is 0 Å². The summed E-state index contributed by atoms with van der Waals surface area (Å²) in [6, 6.07) is 14.8. The molecule has 0 N–H and O–H groups in total. The summed E-state index contributed by atoms with van der Waals surface area (Å²) in [6.45, 7) is 6.14. The van der Waals surface area contributed by atoms with Crippen molar-refractivity contribution in [2.24, 2.45) is 0 Å². The van der Waals surface area contributed by atoms with Crippen LogP contribution in [0.25, 0.3) is 10.8 Å². The van der Waals surface area contributed by atoms with E-state index in [1.54, 1.807) is 14.2 Å². The lowest BCUT2D eigenvalue weighted by Crippen LogP contribution is -1.75. The maximum Gasteiger partial charge on any atom is 0.0351 e. The van der Waals surface area contributed by atoms with Crippen LogP contribution < -0.4 is 0 Å². The van der Waals surface area contributed by atoms with Crippen LogP contribution in [0, 0.1) is 6.92 Å². The highest BCUT2D eigenvalue weighted by Gasteiger charge is 1.92. The molecule has 0 aliphatic carbocycles. The average molecular weight is 218 g/mol. The van der Waals surface area contributed by atoms with Gasteiger partial charge >= 0.3 is 0 Å². The zero-order valence-corrected chi connectivity index (χ0v) is 10.9. The minimum atomic E-state index is 1.33. The summed E-state index contributed by atoms with van der Waals surface area (Å²) in [4.78, 5) is 0. The van der Waals surface area contributed by atoms with Crippen molar-refractivity contribution >= 4 is 10.8 Å². The van der Waals surface area contributed by atoms with Gasteiger partial charge in [0.05, 0.1) is 0 Å². The van der Waals surface area contributed by atoms with Crippen LogP contribution in [0.2, 0.25) is 0 Å². The van der Waals surface area contributed by atoms with Crippen LogP contribution in [0.1, 0.15) is 19.4 Å². The monoisotopic (exact) mass is 218 g/mol. The Bertz CT molecular complexity index is 388.